The fourth-order valence-corrected chi connectivity index (χ4v) is 2.93. The van der Waals surface area contributed by atoms with Crippen LogP contribution in [-0.4, -0.2) is 38.1 Å². The summed E-state index contributed by atoms with van der Waals surface area (Å²) in [6.45, 7) is 9.47. The smallest absolute Gasteiger partial charge is 0.0104 e. The summed E-state index contributed by atoms with van der Waals surface area (Å²) in [5.41, 5.74) is 0. The molecule has 108 valence electrons. The predicted octanol–water partition coefficient (Wildman–Crippen LogP) is 3.52. The molecule has 0 heterocycles. The second-order valence-electron chi connectivity index (χ2n) is 6.55. The first-order valence-corrected chi connectivity index (χ1v) is 8.07. The van der Waals surface area contributed by atoms with Crippen LogP contribution in [0.15, 0.2) is 0 Å². The van der Waals surface area contributed by atoms with Crippen LogP contribution in [0.4, 0.5) is 0 Å². The van der Waals surface area contributed by atoms with Gasteiger partial charge in [-0.1, -0.05) is 33.1 Å². The van der Waals surface area contributed by atoms with Gasteiger partial charge in [-0.05, 0) is 51.1 Å². The lowest BCUT2D eigenvalue weighted by Crippen LogP contribution is -2.33. The molecule has 0 spiro atoms. The van der Waals surface area contributed by atoms with Crippen LogP contribution in [0.3, 0.4) is 0 Å². The lowest BCUT2D eigenvalue weighted by atomic mass is 9.89. The standard InChI is InChI=1S/C16H34N2/c1-15(2)8-7-11-17-12-13-18(3)14-16-9-5-4-6-10-16/h15-17H,4-14H2,1-3H3. The Hall–Kier alpha value is -0.0800. The molecule has 0 atom stereocenters. The van der Waals surface area contributed by atoms with Gasteiger partial charge in [0.15, 0.2) is 0 Å². The molecule has 0 radical (unpaired) electrons. The Labute approximate surface area is 115 Å². The minimum atomic E-state index is 0.848. The molecule has 1 N–H and O–H groups in total. The van der Waals surface area contributed by atoms with E-state index in [1.54, 1.807) is 0 Å². The number of likely N-dealkylation sites (N-methyl/N-ethyl adjacent to an activating group) is 1. The van der Waals surface area contributed by atoms with Crippen LogP contribution in [0.2, 0.25) is 0 Å². The molecule has 0 aromatic carbocycles. The van der Waals surface area contributed by atoms with Crippen molar-refractivity contribution in [2.45, 2.75) is 58.8 Å². The maximum Gasteiger partial charge on any atom is 0.0104 e. The zero-order valence-corrected chi connectivity index (χ0v) is 12.9. The van der Waals surface area contributed by atoms with Crippen molar-refractivity contribution in [3.8, 4) is 0 Å². The van der Waals surface area contributed by atoms with E-state index in [9.17, 15) is 0 Å². The fraction of sp³-hybridized carbons (Fsp3) is 1.00. The van der Waals surface area contributed by atoms with E-state index in [2.05, 4.69) is 31.1 Å². The highest BCUT2D eigenvalue weighted by molar-refractivity contribution is 4.69. The molecule has 0 amide bonds. The Bertz CT molecular complexity index is 186. The molecule has 0 aromatic rings. The van der Waals surface area contributed by atoms with Crippen molar-refractivity contribution >= 4 is 0 Å². The van der Waals surface area contributed by atoms with E-state index in [1.807, 2.05) is 0 Å². The molecule has 1 fully saturated rings. The van der Waals surface area contributed by atoms with Gasteiger partial charge >= 0.3 is 0 Å². The minimum absolute atomic E-state index is 0.848. The average molecular weight is 254 g/mol. The normalized spacial score (nSPS) is 17.8. The molecule has 0 aliphatic heterocycles. The number of nitrogens with zero attached hydrogens (tertiary/aromatic N) is 1. The molecule has 1 aliphatic rings. The molecular formula is C16H34N2. The van der Waals surface area contributed by atoms with E-state index in [4.69, 9.17) is 0 Å². The summed E-state index contributed by atoms with van der Waals surface area (Å²) < 4.78 is 0. The van der Waals surface area contributed by atoms with Crippen molar-refractivity contribution in [1.29, 1.82) is 0 Å². The monoisotopic (exact) mass is 254 g/mol. The Morgan fingerprint density at radius 3 is 2.50 bits per heavy atom. The van der Waals surface area contributed by atoms with Crippen molar-refractivity contribution in [3.05, 3.63) is 0 Å². The van der Waals surface area contributed by atoms with Gasteiger partial charge in [0.1, 0.15) is 0 Å². The van der Waals surface area contributed by atoms with Gasteiger partial charge in [-0.25, -0.2) is 0 Å². The molecular weight excluding hydrogens is 220 g/mol. The molecule has 1 saturated carbocycles. The SMILES string of the molecule is CC(C)CCCNCCN(C)CC1CCCCC1. The average Bonchev–Trinajstić information content (AvgIpc) is 2.34. The van der Waals surface area contributed by atoms with Gasteiger partial charge in [0.25, 0.3) is 0 Å². The third-order valence-electron chi connectivity index (χ3n) is 4.10. The van der Waals surface area contributed by atoms with E-state index in [-0.39, 0.29) is 0 Å². The van der Waals surface area contributed by atoms with Gasteiger partial charge in [0, 0.05) is 19.6 Å². The molecule has 0 aromatic heterocycles. The molecule has 18 heavy (non-hydrogen) atoms. The second kappa shape index (κ2) is 9.80. The first-order chi connectivity index (χ1) is 8.68. The fourth-order valence-electron chi connectivity index (χ4n) is 2.93. The van der Waals surface area contributed by atoms with Crippen molar-refractivity contribution in [1.82, 2.24) is 10.2 Å². The van der Waals surface area contributed by atoms with Gasteiger partial charge in [-0.3, -0.25) is 0 Å². The third-order valence-corrected chi connectivity index (χ3v) is 4.10. The van der Waals surface area contributed by atoms with Gasteiger partial charge in [0.05, 0.1) is 0 Å². The summed E-state index contributed by atoms with van der Waals surface area (Å²) in [6.07, 6.45) is 10.0. The largest absolute Gasteiger partial charge is 0.315 e. The first-order valence-electron chi connectivity index (χ1n) is 8.07. The van der Waals surface area contributed by atoms with Crippen LogP contribution >= 0.6 is 0 Å². The van der Waals surface area contributed by atoms with Crippen molar-refractivity contribution in [2.75, 3.05) is 33.2 Å². The minimum Gasteiger partial charge on any atom is -0.315 e. The topological polar surface area (TPSA) is 15.3 Å². The van der Waals surface area contributed by atoms with Crippen molar-refractivity contribution in [3.63, 3.8) is 0 Å². The molecule has 0 saturated heterocycles. The summed E-state index contributed by atoms with van der Waals surface area (Å²) in [5, 5.41) is 3.57. The molecule has 0 bridgehead atoms. The van der Waals surface area contributed by atoms with Crippen LogP contribution in [0, 0.1) is 11.8 Å². The molecule has 0 unspecified atom stereocenters. The zero-order chi connectivity index (χ0) is 13.2. The van der Waals surface area contributed by atoms with Crippen LogP contribution in [0.5, 0.6) is 0 Å². The highest BCUT2D eigenvalue weighted by atomic mass is 15.1. The van der Waals surface area contributed by atoms with Gasteiger partial charge in [-0.15, -0.1) is 0 Å². The molecule has 2 heteroatoms. The van der Waals surface area contributed by atoms with Crippen LogP contribution in [-0.2, 0) is 0 Å². The quantitative estimate of drug-likeness (QED) is 0.633. The van der Waals surface area contributed by atoms with Gasteiger partial charge in [-0.2, -0.15) is 0 Å². The van der Waals surface area contributed by atoms with Crippen LogP contribution in [0.25, 0.3) is 0 Å². The molecule has 1 aliphatic carbocycles. The Kier molecular flexibility index (Phi) is 8.70. The number of hydrogen-bond acceptors (Lipinski definition) is 2. The van der Waals surface area contributed by atoms with Gasteiger partial charge in [0.2, 0.25) is 0 Å². The lowest BCUT2D eigenvalue weighted by molar-refractivity contribution is 0.233. The second-order valence-corrected chi connectivity index (χ2v) is 6.55. The van der Waals surface area contributed by atoms with Crippen LogP contribution in [0.1, 0.15) is 58.8 Å². The van der Waals surface area contributed by atoms with Crippen molar-refractivity contribution < 1.29 is 0 Å². The number of hydrogen-bond donors (Lipinski definition) is 1. The zero-order valence-electron chi connectivity index (χ0n) is 12.9. The number of nitrogens with one attached hydrogen (secondary N) is 1. The summed E-state index contributed by atoms with van der Waals surface area (Å²) in [6, 6.07) is 0. The predicted molar refractivity (Wildman–Crippen MR) is 81.0 cm³/mol. The van der Waals surface area contributed by atoms with E-state index < -0.39 is 0 Å². The maximum atomic E-state index is 3.57. The summed E-state index contributed by atoms with van der Waals surface area (Å²) >= 11 is 0. The van der Waals surface area contributed by atoms with E-state index >= 15 is 0 Å². The van der Waals surface area contributed by atoms with Crippen molar-refractivity contribution in [2.24, 2.45) is 11.8 Å². The lowest BCUT2D eigenvalue weighted by Gasteiger charge is -2.27. The van der Waals surface area contributed by atoms with E-state index in [0.29, 0.717) is 0 Å². The Morgan fingerprint density at radius 1 is 1.11 bits per heavy atom. The Morgan fingerprint density at radius 2 is 1.83 bits per heavy atom. The van der Waals surface area contributed by atoms with E-state index in [1.165, 1.54) is 64.6 Å². The maximum absolute atomic E-state index is 3.57. The first kappa shape index (κ1) is 16.0. The number of rotatable bonds is 9. The Balaban J connectivity index is 1.91. The van der Waals surface area contributed by atoms with Gasteiger partial charge < -0.3 is 10.2 Å². The van der Waals surface area contributed by atoms with Crippen LogP contribution < -0.4 is 5.32 Å². The molecule has 1 rings (SSSR count). The van der Waals surface area contributed by atoms with E-state index in [0.717, 1.165) is 18.4 Å². The highest BCUT2D eigenvalue weighted by Gasteiger charge is 2.14. The summed E-state index contributed by atoms with van der Waals surface area (Å²) in [5.74, 6) is 1.82. The molecule has 2 nitrogen and oxygen atoms in total. The summed E-state index contributed by atoms with van der Waals surface area (Å²) in [7, 11) is 2.28. The summed E-state index contributed by atoms with van der Waals surface area (Å²) in [4.78, 5) is 2.52. The highest BCUT2D eigenvalue weighted by Crippen LogP contribution is 2.23. The third kappa shape index (κ3) is 8.10.